The molecule has 1 aliphatic rings. The molecule has 0 atom stereocenters. The predicted molar refractivity (Wildman–Crippen MR) is 132 cm³/mol. The standard InChI is InChI=1S/C27H24F3N5O3/c28-27(29,30)20-7-3-17(4-8-20)25-33-26(35-34-25)19-5-11-22(31-15-19)18-6-12-23(32-14-18)38-21-9-1-16(2-10-21)13-24(36)37/h3-8,11-12,14-16,21H,1-2,9-10,13H2,(H,36,37)(H,33,34,35)/t16-,21-. The normalized spacial score (nSPS) is 17.8. The van der Waals surface area contributed by atoms with Gasteiger partial charge in [0.05, 0.1) is 11.3 Å². The van der Waals surface area contributed by atoms with Gasteiger partial charge in [-0.3, -0.25) is 9.78 Å². The van der Waals surface area contributed by atoms with E-state index in [1.54, 1.807) is 18.5 Å². The topological polar surface area (TPSA) is 114 Å². The number of carboxylic acids is 1. The van der Waals surface area contributed by atoms with Crippen molar-refractivity contribution in [3.63, 3.8) is 0 Å². The quantitative estimate of drug-likeness (QED) is 0.304. The number of halogens is 3. The molecule has 3 aromatic heterocycles. The molecule has 1 aromatic carbocycles. The minimum absolute atomic E-state index is 0.0326. The van der Waals surface area contributed by atoms with Gasteiger partial charge in [-0.15, -0.1) is 10.2 Å². The van der Waals surface area contributed by atoms with Crippen molar-refractivity contribution in [2.75, 3.05) is 0 Å². The lowest BCUT2D eigenvalue weighted by Gasteiger charge is -2.27. The van der Waals surface area contributed by atoms with Gasteiger partial charge in [0, 0.05) is 41.6 Å². The van der Waals surface area contributed by atoms with Gasteiger partial charge in [0.1, 0.15) is 6.10 Å². The number of rotatable bonds is 7. The van der Waals surface area contributed by atoms with Gasteiger partial charge in [0.15, 0.2) is 11.6 Å². The van der Waals surface area contributed by atoms with Crippen molar-refractivity contribution in [2.45, 2.75) is 44.4 Å². The first-order chi connectivity index (χ1) is 18.2. The van der Waals surface area contributed by atoms with E-state index in [4.69, 9.17) is 9.84 Å². The number of aromatic nitrogens is 5. The van der Waals surface area contributed by atoms with E-state index in [1.807, 2.05) is 18.2 Å². The summed E-state index contributed by atoms with van der Waals surface area (Å²) < 4.78 is 44.4. The number of nitrogens with one attached hydrogen (secondary N) is 1. The highest BCUT2D eigenvalue weighted by atomic mass is 19.4. The van der Waals surface area contributed by atoms with Gasteiger partial charge >= 0.3 is 12.1 Å². The number of carboxylic acid groups (broad SMARTS) is 1. The van der Waals surface area contributed by atoms with E-state index in [0.29, 0.717) is 34.3 Å². The van der Waals surface area contributed by atoms with E-state index < -0.39 is 17.7 Å². The molecule has 1 fully saturated rings. The van der Waals surface area contributed by atoms with E-state index in [2.05, 4.69) is 25.1 Å². The summed E-state index contributed by atoms with van der Waals surface area (Å²) >= 11 is 0. The van der Waals surface area contributed by atoms with Crippen molar-refractivity contribution in [1.29, 1.82) is 0 Å². The number of benzene rings is 1. The van der Waals surface area contributed by atoms with Crippen molar-refractivity contribution < 1.29 is 27.8 Å². The van der Waals surface area contributed by atoms with Crippen LogP contribution in [0.4, 0.5) is 13.2 Å². The Morgan fingerprint density at radius 2 is 1.50 bits per heavy atom. The lowest BCUT2D eigenvalue weighted by atomic mass is 9.85. The first kappa shape index (κ1) is 25.4. The summed E-state index contributed by atoms with van der Waals surface area (Å²) in [4.78, 5) is 22.8. The number of ether oxygens (including phenoxy) is 1. The highest BCUT2D eigenvalue weighted by molar-refractivity contribution is 5.67. The maximum Gasteiger partial charge on any atom is 0.416 e. The van der Waals surface area contributed by atoms with E-state index in [1.165, 1.54) is 12.1 Å². The SMILES string of the molecule is O=C(O)C[C@H]1CC[C@H](Oc2ccc(-c3ccc(-c4nnc(-c5ccc(C(F)(F)F)cc5)[nH]4)cn3)cn2)CC1. The van der Waals surface area contributed by atoms with Gasteiger partial charge in [0.25, 0.3) is 0 Å². The third kappa shape index (κ3) is 5.99. The average molecular weight is 524 g/mol. The van der Waals surface area contributed by atoms with Gasteiger partial charge < -0.3 is 14.8 Å². The third-order valence-electron chi connectivity index (χ3n) is 6.59. The van der Waals surface area contributed by atoms with Crippen molar-refractivity contribution >= 4 is 5.97 Å². The molecule has 0 aliphatic heterocycles. The Balaban J connectivity index is 1.20. The lowest BCUT2D eigenvalue weighted by Crippen LogP contribution is -2.25. The second-order valence-electron chi connectivity index (χ2n) is 9.27. The predicted octanol–water partition coefficient (Wildman–Crippen LogP) is 6.03. The Morgan fingerprint density at radius 1 is 0.868 bits per heavy atom. The highest BCUT2D eigenvalue weighted by Crippen LogP contribution is 2.31. The molecule has 3 heterocycles. The molecule has 8 nitrogen and oxygen atoms in total. The largest absolute Gasteiger partial charge is 0.481 e. The van der Waals surface area contributed by atoms with E-state index >= 15 is 0 Å². The molecular weight excluding hydrogens is 499 g/mol. The second-order valence-corrected chi connectivity index (χ2v) is 9.27. The Hall–Kier alpha value is -4.28. The number of pyridine rings is 2. The molecule has 0 unspecified atom stereocenters. The molecule has 0 spiro atoms. The van der Waals surface area contributed by atoms with Crippen molar-refractivity contribution in [1.82, 2.24) is 25.1 Å². The number of H-pyrrole nitrogens is 1. The molecule has 38 heavy (non-hydrogen) atoms. The van der Waals surface area contributed by atoms with Gasteiger partial charge in [-0.1, -0.05) is 12.1 Å². The summed E-state index contributed by atoms with van der Waals surface area (Å²) in [6.45, 7) is 0. The second kappa shape index (κ2) is 10.6. The Bertz CT molecular complexity index is 1380. The molecule has 2 N–H and O–H groups in total. The fraction of sp³-hybridized carbons (Fsp3) is 0.296. The number of hydrogen-bond donors (Lipinski definition) is 2. The Labute approximate surface area is 216 Å². The third-order valence-corrected chi connectivity index (χ3v) is 6.59. The van der Waals surface area contributed by atoms with E-state index in [9.17, 15) is 18.0 Å². The summed E-state index contributed by atoms with van der Waals surface area (Å²) in [6, 6.07) is 12.0. The first-order valence-corrected chi connectivity index (χ1v) is 12.2. The molecule has 1 aliphatic carbocycles. The zero-order valence-corrected chi connectivity index (χ0v) is 20.2. The van der Waals surface area contributed by atoms with Crippen LogP contribution < -0.4 is 4.74 Å². The fourth-order valence-electron chi connectivity index (χ4n) is 4.52. The number of aromatic amines is 1. The van der Waals surface area contributed by atoms with Gasteiger partial charge in [0.2, 0.25) is 5.88 Å². The maximum absolute atomic E-state index is 12.8. The van der Waals surface area contributed by atoms with Crippen LogP contribution >= 0.6 is 0 Å². The molecular formula is C27H24F3N5O3. The van der Waals surface area contributed by atoms with E-state index in [0.717, 1.165) is 43.4 Å². The number of hydrogen-bond acceptors (Lipinski definition) is 6. The molecule has 4 aromatic rings. The Kier molecular flexibility index (Phi) is 7.08. The zero-order valence-electron chi connectivity index (χ0n) is 20.2. The minimum atomic E-state index is -4.40. The maximum atomic E-state index is 12.8. The minimum Gasteiger partial charge on any atom is -0.481 e. The monoisotopic (exact) mass is 523 g/mol. The summed E-state index contributed by atoms with van der Waals surface area (Å²) in [5.74, 6) is 0.776. The molecule has 0 amide bonds. The number of aliphatic carboxylic acids is 1. The summed E-state index contributed by atoms with van der Waals surface area (Å²) in [5, 5.41) is 17.1. The van der Waals surface area contributed by atoms with Gasteiger partial charge in [-0.2, -0.15) is 13.2 Å². The van der Waals surface area contributed by atoms with Crippen LogP contribution in [0, 0.1) is 5.92 Å². The van der Waals surface area contributed by atoms with Crippen LogP contribution in [-0.4, -0.2) is 42.3 Å². The van der Waals surface area contributed by atoms with Crippen LogP contribution in [0.2, 0.25) is 0 Å². The Morgan fingerprint density at radius 3 is 2.08 bits per heavy atom. The molecule has 1 saturated carbocycles. The first-order valence-electron chi connectivity index (χ1n) is 12.2. The molecule has 0 bridgehead atoms. The van der Waals surface area contributed by atoms with Crippen LogP contribution in [0.1, 0.15) is 37.7 Å². The van der Waals surface area contributed by atoms with Crippen molar-refractivity contribution in [3.8, 4) is 39.9 Å². The average Bonchev–Trinajstić information content (AvgIpc) is 3.40. The van der Waals surface area contributed by atoms with Crippen molar-refractivity contribution in [2.24, 2.45) is 5.92 Å². The van der Waals surface area contributed by atoms with Crippen LogP contribution in [0.3, 0.4) is 0 Å². The van der Waals surface area contributed by atoms with Crippen LogP contribution in [0.5, 0.6) is 5.88 Å². The molecule has 0 saturated heterocycles. The fourth-order valence-corrected chi connectivity index (χ4v) is 4.52. The van der Waals surface area contributed by atoms with E-state index in [-0.39, 0.29) is 18.4 Å². The summed E-state index contributed by atoms with van der Waals surface area (Å²) in [5.41, 5.74) is 1.94. The number of alkyl halides is 3. The van der Waals surface area contributed by atoms with Gasteiger partial charge in [-0.25, -0.2) is 4.98 Å². The summed E-state index contributed by atoms with van der Waals surface area (Å²) in [6.07, 6.45) is 2.46. The van der Waals surface area contributed by atoms with Crippen LogP contribution in [-0.2, 0) is 11.0 Å². The van der Waals surface area contributed by atoms with Crippen LogP contribution in [0.15, 0.2) is 60.9 Å². The lowest BCUT2D eigenvalue weighted by molar-refractivity contribution is -0.139. The summed E-state index contributed by atoms with van der Waals surface area (Å²) in [7, 11) is 0. The smallest absolute Gasteiger partial charge is 0.416 e. The molecule has 0 radical (unpaired) electrons. The number of carbonyl (C=O) groups is 1. The van der Waals surface area contributed by atoms with Crippen LogP contribution in [0.25, 0.3) is 34.0 Å². The molecule has 11 heteroatoms. The zero-order chi connectivity index (χ0) is 26.7. The molecule has 196 valence electrons. The molecule has 5 rings (SSSR count). The van der Waals surface area contributed by atoms with Gasteiger partial charge in [-0.05, 0) is 61.9 Å². The number of nitrogens with zero attached hydrogens (tertiary/aromatic N) is 4. The van der Waals surface area contributed by atoms with Crippen molar-refractivity contribution in [3.05, 3.63) is 66.5 Å². The highest BCUT2D eigenvalue weighted by Gasteiger charge is 2.30.